The molecule has 0 bridgehead atoms. The molecule has 2 heterocycles. The van der Waals surface area contributed by atoms with E-state index < -0.39 is 0 Å². The van der Waals surface area contributed by atoms with Gasteiger partial charge >= 0.3 is 6.09 Å². The summed E-state index contributed by atoms with van der Waals surface area (Å²) >= 11 is 0. The Hall–Kier alpha value is -1.59. The van der Waals surface area contributed by atoms with Crippen molar-refractivity contribution < 1.29 is 14.3 Å². The molecule has 120 valence electrons. The fourth-order valence-corrected chi connectivity index (χ4v) is 3.02. The van der Waals surface area contributed by atoms with Crippen molar-refractivity contribution >= 4 is 6.09 Å². The molecule has 3 rings (SSSR count). The van der Waals surface area contributed by atoms with E-state index in [1.54, 1.807) is 0 Å². The molecule has 0 aliphatic carbocycles. The Bertz CT molecular complexity index is 466. The third-order valence-corrected chi connectivity index (χ3v) is 4.38. The summed E-state index contributed by atoms with van der Waals surface area (Å²) in [6.07, 6.45) is 0.965. The van der Waals surface area contributed by atoms with Gasteiger partial charge < -0.3 is 14.4 Å². The summed E-state index contributed by atoms with van der Waals surface area (Å²) in [5.41, 5.74) is 1.02. The number of ether oxygens (including phenoxy) is 2. The topological polar surface area (TPSA) is 42.0 Å². The minimum atomic E-state index is -0.201. The van der Waals surface area contributed by atoms with Gasteiger partial charge in [0, 0.05) is 39.3 Å². The molecule has 2 fully saturated rings. The van der Waals surface area contributed by atoms with E-state index in [2.05, 4.69) is 4.90 Å². The van der Waals surface area contributed by atoms with Crippen LogP contribution in [0.2, 0.25) is 0 Å². The molecule has 0 unspecified atom stereocenters. The Balaban J connectivity index is 1.38. The molecule has 1 amide bonds. The van der Waals surface area contributed by atoms with E-state index in [4.69, 9.17) is 9.47 Å². The van der Waals surface area contributed by atoms with Gasteiger partial charge in [0.05, 0.1) is 6.61 Å². The molecule has 0 saturated carbocycles. The number of benzene rings is 1. The maximum absolute atomic E-state index is 12.1. The van der Waals surface area contributed by atoms with Crippen molar-refractivity contribution in [2.24, 2.45) is 5.92 Å². The van der Waals surface area contributed by atoms with Crippen LogP contribution in [-0.2, 0) is 16.1 Å². The highest BCUT2D eigenvalue weighted by molar-refractivity contribution is 5.67. The van der Waals surface area contributed by atoms with E-state index in [1.165, 1.54) is 6.42 Å². The molecule has 0 N–H and O–H groups in total. The van der Waals surface area contributed by atoms with Gasteiger partial charge in [-0.25, -0.2) is 4.79 Å². The molecule has 1 atom stereocenters. The zero-order valence-electron chi connectivity index (χ0n) is 12.9. The molecular weight excluding hydrogens is 280 g/mol. The second-order valence-electron chi connectivity index (χ2n) is 6.06. The van der Waals surface area contributed by atoms with Crippen LogP contribution in [-0.4, -0.2) is 61.8 Å². The zero-order valence-corrected chi connectivity index (χ0v) is 12.9. The Morgan fingerprint density at radius 3 is 2.64 bits per heavy atom. The molecule has 2 aliphatic rings. The van der Waals surface area contributed by atoms with Crippen LogP contribution in [0.25, 0.3) is 0 Å². The highest BCUT2D eigenvalue weighted by atomic mass is 16.6. The lowest BCUT2D eigenvalue weighted by Gasteiger charge is -2.35. The van der Waals surface area contributed by atoms with Gasteiger partial charge in [0.1, 0.15) is 6.61 Å². The Morgan fingerprint density at radius 1 is 1.18 bits per heavy atom. The first-order valence-electron chi connectivity index (χ1n) is 8.07. The minimum Gasteiger partial charge on any atom is -0.445 e. The molecule has 0 spiro atoms. The number of nitrogens with zero attached hydrogens (tertiary/aromatic N) is 2. The third-order valence-electron chi connectivity index (χ3n) is 4.38. The molecule has 0 aromatic heterocycles. The van der Waals surface area contributed by atoms with Gasteiger partial charge in [0.25, 0.3) is 0 Å². The van der Waals surface area contributed by atoms with Crippen LogP contribution in [0.4, 0.5) is 4.79 Å². The van der Waals surface area contributed by atoms with Crippen molar-refractivity contribution in [2.75, 3.05) is 45.9 Å². The number of amides is 1. The summed E-state index contributed by atoms with van der Waals surface area (Å²) in [5, 5.41) is 0. The van der Waals surface area contributed by atoms with Crippen LogP contribution < -0.4 is 0 Å². The largest absolute Gasteiger partial charge is 0.445 e. The van der Waals surface area contributed by atoms with E-state index >= 15 is 0 Å². The number of carbonyl (C=O) groups is 1. The van der Waals surface area contributed by atoms with Crippen molar-refractivity contribution in [1.82, 2.24) is 9.80 Å². The summed E-state index contributed by atoms with van der Waals surface area (Å²) in [6, 6.07) is 9.80. The number of hydrogen-bond donors (Lipinski definition) is 0. The van der Waals surface area contributed by atoms with Crippen molar-refractivity contribution in [3.63, 3.8) is 0 Å². The first kappa shape index (κ1) is 15.3. The van der Waals surface area contributed by atoms with E-state index in [0.717, 1.165) is 51.5 Å². The Kier molecular flexibility index (Phi) is 5.29. The number of rotatable bonds is 4. The average Bonchev–Trinajstić information content (AvgIpc) is 3.07. The third kappa shape index (κ3) is 4.21. The molecule has 0 radical (unpaired) electrons. The lowest BCUT2D eigenvalue weighted by molar-refractivity contribution is 0.0668. The number of carbonyl (C=O) groups excluding carboxylic acids is 1. The van der Waals surface area contributed by atoms with Gasteiger partial charge in [0.15, 0.2) is 0 Å². The summed E-state index contributed by atoms with van der Waals surface area (Å²) in [4.78, 5) is 16.3. The predicted octanol–water partition coefficient (Wildman–Crippen LogP) is 1.98. The molecule has 5 nitrogen and oxygen atoms in total. The number of hydrogen-bond acceptors (Lipinski definition) is 4. The van der Waals surface area contributed by atoms with E-state index in [0.29, 0.717) is 12.5 Å². The SMILES string of the molecule is O=C(OCc1ccccc1)N1CCN(C[C@H]2CCOC2)CC1. The van der Waals surface area contributed by atoms with E-state index in [9.17, 15) is 4.79 Å². The molecule has 22 heavy (non-hydrogen) atoms. The van der Waals surface area contributed by atoms with Crippen molar-refractivity contribution in [2.45, 2.75) is 13.0 Å². The van der Waals surface area contributed by atoms with Gasteiger partial charge in [-0.2, -0.15) is 0 Å². The van der Waals surface area contributed by atoms with Crippen molar-refractivity contribution in [1.29, 1.82) is 0 Å². The van der Waals surface area contributed by atoms with Crippen LogP contribution in [0.15, 0.2) is 30.3 Å². The lowest BCUT2D eigenvalue weighted by Crippen LogP contribution is -2.49. The van der Waals surface area contributed by atoms with Gasteiger partial charge in [-0.3, -0.25) is 4.90 Å². The van der Waals surface area contributed by atoms with Crippen LogP contribution >= 0.6 is 0 Å². The second kappa shape index (κ2) is 7.61. The minimum absolute atomic E-state index is 0.201. The summed E-state index contributed by atoms with van der Waals surface area (Å²) in [5.74, 6) is 0.664. The van der Waals surface area contributed by atoms with Crippen LogP contribution in [0.3, 0.4) is 0 Å². The number of piperazine rings is 1. The van der Waals surface area contributed by atoms with Crippen LogP contribution in [0, 0.1) is 5.92 Å². The maximum Gasteiger partial charge on any atom is 0.410 e. The van der Waals surface area contributed by atoms with Crippen LogP contribution in [0.1, 0.15) is 12.0 Å². The predicted molar refractivity (Wildman–Crippen MR) is 83.6 cm³/mol. The highest BCUT2D eigenvalue weighted by Gasteiger charge is 2.25. The first-order valence-corrected chi connectivity index (χ1v) is 8.07. The first-order chi connectivity index (χ1) is 10.8. The Labute approximate surface area is 131 Å². The molecular formula is C17H24N2O3. The molecule has 5 heteroatoms. The average molecular weight is 304 g/mol. The quantitative estimate of drug-likeness (QED) is 0.853. The maximum atomic E-state index is 12.1. The van der Waals surface area contributed by atoms with Gasteiger partial charge in [-0.15, -0.1) is 0 Å². The van der Waals surface area contributed by atoms with Crippen molar-refractivity contribution in [3.8, 4) is 0 Å². The van der Waals surface area contributed by atoms with Crippen LogP contribution in [0.5, 0.6) is 0 Å². The fraction of sp³-hybridized carbons (Fsp3) is 0.588. The normalized spacial score (nSPS) is 22.7. The highest BCUT2D eigenvalue weighted by Crippen LogP contribution is 2.15. The monoisotopic (exact) mass is 304 g/mol. The molecule has 1 aromatic rings. The van der Waals surface area contributed by atoms with Gasteiger partial charge in [0.2, 0.25) is 0 Å². The second-order valence-corrected chi connectivity index (χ2v) is 6.06. The zero-order chi connectivity index (χ0) is 15.2. The fourth-order valence-electron chi connectivity index (χ4n) is 3.02. The smallest absolute Gasteiger partial charge is 0.410 e. The standard InChI is InChI=1S/C17H24N2O3/c20-17(22-14-15-4-2-1-3-5-15)19-9-7-18(8-10-19)12-16-6-11-21-13-16/h1-5,16H,6-14H2/t16-/m1/s1. The molecule has 1 aromatic carbocycles. The van der Waals surface area contributed by atoms with Gasteiger partial charge in [-0.05, 0) is 17.9 Å². The summed E-state index contributed by atoms with van der Waals surface area (Å²) in [6.45, 7) is 6.58. The summed E-state index contributed by atoms with van der Waals surface area (Å²) in [7, 11) is 0. The van der Waals surface area contributed by atoms with Crippen molar-refractivity contribution in [3.05, 3.63) is 35.9 Å². The van der Waals surface area contributed by atoms with E-state index in [1.807, 2.05) is 35.2 Å². The molecule has 2 aliphatic heterocycles. The van der Waals surface area contributed by atoms with E-state index in [-0.39, 0.29) is 6.09 Å². The van der Waals surface area contributed by atoms with Gasteiger partial charge in [-0.1, -0.05) is 30.3 Å². The Morgan fingerprint density at radius 2 is 1.95 bits per heavy atom. The lowest BCUT2D eigenvalue weighted by atomic mass is 10.1. The summed E-state index contributed by atoms with van der Waals surface area (Å²) < 4.78 is 10.8. The molecule has 2 saturated heterocycles.